The van der Waals surface area contributed by atoms with Gasteiger partial charge in [-0.25, -0.2) is 4.79 Å². The van der Waals surface area contributed by atoms with E-state index in [9.17, 15) is 34.2 Å². The van der Waals surface area contributed by atoms with Crippen LogP contribution in [0.4, 0.5) is 0 Å². The molecule has 0 aromatic carbocycles. The second kappa shape index (κ2) is 12.3. The van der Waals surface area contributed by atoms with Crippen molar-refractivity contribution in [3.63, 3.8) is 0 Å². The van der Waals surface area contributed by atoms with E-state index in [2.05, 4.69) is 10.6 Å². The van der Waals surface area contributed by atoms with Crippen LogP contribution in [0.25, 0.3) is 0 Å². The largest absolute Gasteiger partial charge is 0.459 e. The molecule has 2 saturated heterocycles. The average molecular weight is 568 g/mol. The number of H-pyrrole nitrogens is 1. The fourth-order valence-corrected chi connectivity index (χ4v) is 4.94. The van der Waals surface area contributed by atoms with Crippen LogP contribution in [0.1, 0.15) is 38.8 Å². The lowest BCUT2D eigenvalue weighted by Crippen LogP contribution is -2.51. The summed E-state index contributed by atoms with van der Waals surface area (Å²) in [5.41, 5.74) is 4.03. The lowest BCUT2D eigenvalue weighted by molar-refractivity contribution is -0.208. The SMILES string of the molecule is CO[C@H]1[C@@H](O)[C@H](n2ccc(=O)[nH]c2=O)O[C@@H]1[C@H](O[C@@H]1C[C@@H](O)C=C(C(=O)N[C@H]2CCC[C@@H](C)NC2=O)O1)C(N)=O. The quantitative estimate of drug-likeness (QED) is 0.183. The van der Waals surface area contributed by atoms with Crippen molar-refractivity contribution >= 4 is 17.7 Å². The molecule has 0 bridgehead atoms. The van der Waals surface area contributed by atoms with E-state index in [1.54, 1.807) is 0 Å². The van der Waals surface area contributed by atoms with Crippen molar-refractivity contribution in [2.45, 2.75) is 87.7 Å². The molecular formula is C24H33N5O11. The van der Waals surface area contributed by atoms with Crippen molar-refractivity contribution in [2.75, 3.05) is 7.11 Å². The number of amides is 3. The maximum absolute atomic E-state index is 12.9. The molecule has 3 aliphatic rings. The normalized spacial score (nSPS) is 33.2. The number of carbonyl (C=O) groups excluding carboxylic acids is 3. The first-order valence-electron chi connectivity index (χ1n) is 12.8. The molecule has 2 fully saturated rings. The number of aliphatic hydroxyl groups excluding tert-OH is 2. The monoisotopic (exact) mass is 567 g/mol. The number of nitrogens with two attached hydrogens (primary N) is 1. The first-order valence-corrected chi connectivity index (χ1v) is 12.8. The smallest absolute Gasteiger partial charge is 0.330 e. The molecule has 3 aliphatic heterocycles. The fraction of sp³-hybridized carbons (Fsp3) is 0.625. The number of methoxy groups -OCH3 is 1. The van der Waals surface area contributed by atoms with Gasteiger partial charge in [0.1, 0.15) is 24.4 Å². The number of hydrogen-bond acceptors (Lipinski definition) is 11. The Kier molecular flexibility index (Phi) is 9.05. The van der Waals surface area contributed by atoms with Gasteiger partial charge in [0.2, 0.25) is 18.1 Å². The maximum Gasteiger partial charge on any atom is 0.330 e. The van der Waals surface area contributed by atoms with Gasteiger partial charge in [-0.2, -0.15) is 0 Å². The number of carbonyl (C=O) groups is 3. The highest BCUT2D eigenvalue weighted by Crippen LogP contribution is 2.34. The highest BCUT2D eigenvalue weighted by atomic mass is 16.7. The molecule has 0 radical (unpaired) electrons. The minimum Gasteiger partial charge on any atom is -0.459 e. The van der Waals surface area contributed by atoms with Gasteiger partial charge in [0.15, 0.2) is 18.1 Å². The van der Waals surface area contributed by atoms with Crippen LogP contribution in [0.15, 0.2) is 33.7 Å². The van der Waals surface area contributed by atoms with Crippen molar-refractivity contribution < 1.29 is 43.5 Å². The van der Waals surface area contributed by atoms with Gasteiger partial charge in [-0.3, -0.25) is 28.7 Å². The van der Waals surface area contributed by atoms with Crippen LogP contribution in [0.5, 0.6) is 0 Å². The number of rotatable bonds is 8. The Bertz CT molecular complexity index is 1260. The summed E-state index contributed by atoms with van der Waals surface area (Å²) in [6, 6.07) is 0.215. The predicted octanol–water partition coefficient (Wildman–Crippen LogP) is -3.15. The van der Waals surface area contributed by atoms with Crippen molar-refractivity contribution in [3.8, 4) is 0 Å². The van der Waals surface area contributed by atoms with Gasteiger partial charge < -0.3 is 45.5 Å². The highest BCUT2D eigenvalue weighted by Gasteiger charge is 2.51. The molecule has 0 spiro atoms. The van der Waals surface area contributed by atoms with E-state index in [0.29, 0.717) is 12.8 Å². The molecule has 3 amide bonds. The second-order valence-corrected chi connectivity index (χ2v) is 9.91. The van der Waals surface area contributed by atoms with Crippen LogP contribution in [0, 0.1) is 0 Å². The zero-order chi connectivity index (χ0) is 29.1. The summed E-state index contributed by atoms with van der Waals surface area (Å²) >= 11 is 0. The Morgan fingerprint density at radius 1 is 1.25 bits per heavy atom. The van der Waals surface area contributed by atoms with Gasteiger partial charge in [-0.15, -0.1) is 0 Å². The minimum atomic E-state index is -1.63. The Morgan fingerprint density at radius 3 is 2.67 bits per heavy atom. The molecule has 16 nitrogen and oxygen atoms in total. The van der Waals surface area contributed by atoms with Crippen LogP contribution >= 0.6 is 0 Å². The number of aromatic nitrogens is 2. The Balaban J connectivity index is 1.48. The van der Waals surface area contributed by atoms with Gasteiger partial charge in [0.25, 0.3) is 11.5 Å². The number of aromatic amines is 1. The third-order valence-corrected chi connectivity index (χ3v) is 6.92. The molecule has 4 heterocycles. The zero-order valence-corrected chi connectivity index (χ0v) is 21.8. The van der Waals surface area contributed by atoms with E-state index in [0.717, 1.165) is 29.3 Å². The molecule has 220 valence electrons. The number of ether oxygens (including phenoxy) is 4. The number of nitrogens with one attached hydrogen (secondary N) is 3. The summed E-state index contributed by atoms with van der Waals surface area (Å²) in [5.74, 6) is -2.48. The Morgan fingerprint density at radius 2 is 2.00 bits per heavy atom. The molecule has 40 heavy (non-hydrogen) atoms. The predicted molar refractivity (Wildman–Crippen MR) is 133 cm³/mol. The summed E-state index contributed by atoms with van der Waals surface area (Å²) in [4.78, 5) is 63.5. The third-order valence-electron chi connectivity index (χ3n) is 6.92. The zero-order valence-electron chi connectivity index (χ0n) is 21.8. The van der Waals surface area contributed by atoms with E-state index >= 15 is 0 Å². The van der Waals surface area contributed by atoms with Crippen LogP contribution in [0.3, 0.4) is 0 Å². The fourth-order valence-electron chi connectivity index (χ4n) is 4.94. The Hall–Kier alpha value is -3.57. The van der Waals surface area contributed by atoms with Crippen LogP contribution in [-0.4, -0.2) is 93.5 Å². The van der Waals surface area contributed by atoms with Crippen LogP contribution < -0.4 is 27.6 Å². The van der Waals surface area contributed by atoms with Gasteiger partial charge in [-0.05, 0) is 32.3 Å². The number of nitrogens with zero attached hydrogens (tertiary/aromatic N) is 1. The van der Waals surface area contributed by atoms with Crippen LogP contribution in [0.2, 0.25) is 0 Å². The molecule has 7 N–H and O–H groups in total. The van der Waals surface area contributed by atoms with E-state index in [-0.39, 0.29) is 24.1 Å². The molecule has 9 atom stereocenters. The lowest BCUT2D eigenvalue weighted by atomic mass is 10.0. The van der Waals surface area contributed by atoms with Gasteiger partial charge in [0, 0.05) is 31.8 Å². The van der Waals surface area contributed by atoms with E-state index < -0.39 is 72.1 Å². The first kappa shape index (κ1) is 29.4. The molecular weight excluding hydrogens is 534 g/mol. The third kappa shape index (κ3) is 6.42. The average Bonchev–Trinajstić information content (AvgIpc) is 3.11. The first-order chi connectivity index (χ1) is 19.0. The Labute approximate surface area is 227 Å². The topological polar surface area (TPSA) is 234 Å². The molecule has 0 aliphatic carbocycles. The summed E-state index contributed by atoms with van der Waals surface area (Å²) in [7, 11) is 1.23. The maximum atomic E-state index is 12.9. The summed E-state index contributed by atoms with van der Waals surface area (Å²) < 4.78 is 23.3. The van der Waals surface area contributed by atoms with E-state index in [4.69, 9.17) is 24.7 Å². The van der Waals surface area contributed by atoms with Crippen LogP contribution in [-0.2, 0) is 33.3 Å². The minimum absolute atomic E-state index is 0.0282. The van der Waals surface area contributed by atoms with Crippen molar-refractivity contribution in [1.29, 1.82) is 0 Å². The lowest BCUT2D eigenvalue weighted by Gasteiger charge is -2.32. The summed E-state index contributed by atoms with van der Waals surface area (Å²) in [6.07, 6.45) is -5.70. The van der Waals surface area contributed by atoms with Gasteiger partial charge in [-0.1, -0.05) is 0 Å². The highest BCUT2D eigenvalue weighted by molar-refractivity contribution is 5.95. The van der Waals surface area contributed by atoms with Crippen molar-refractivity contribution in [2.24, 2.45) is 5.73 Å². The summed E-state index contributed by atoms with van der Waals surface area (Å²) in [5, 5.41) is 26.5. The van der Waals surface area contributed by atoms with E-state index in [1.807, 2.05) is 11.9 Å². The number of primary amides is 1. The second-order valence-electron chi connectivity index (χ2n) is 9.91. The van der Waals surface area contributed by atoms with Crippen molar-refractivity contribution in [3.05, 3.63) is 44.9 Å². The molecule has 4 rings (SSSR count). The number of hydrogen-bond donors (Lipinski definition) is 6. The molecule has 0 saturated carbocycles. The van der Waals surface area contributed by atoms with Crippen molar-refractivity contribution in [1.82, 2.24) is 20.2 Å². The molecule has 16 heteroatoms. The summed E-state index contributed by atoms with van der Waals surface area (Å²) in [6.45, 7) is 1.87. The molecule has 1 aromatic rings. The number of aliphatic hydroxyl groups is 2. The van der Waals surface area contributed by atoms with Gasteiger partial charge >= 0.3 is 5.69 Å². The standard InChI is InChI=1S/C24H33N5O11/c1-10-4-3-5-12(21(34)26-10)27-22(35)13-8-11(30)9-15(38-13)39-19(20(25)33)18-17(37-2)16(32)23(40-18)29-7-6-14(31)28-24(29)36/h6-8,10-12,15-19,23,30,32H,3-5,9H2,1-2H3,(H2,25,33)(H,26,34)(H,27,35)(H,28,31,36)/t10-,11+,12+,15-,16-,17+,18+,19+,23-/m1/s1. The van der Waals surface area contributed by atoms with E-state index in [1.165, 1.54) is 7.11 Å². The molecule has 1 aromatic heterocycles. The molecule has 0 unspecified atom stereocenters. The van der Waals surface area contributed by atoms with Gasteiger partial charge in [0.05, 0.1) is 6.10 Å².